The third kappa shape index (κ3) is 6.87. The molecule has 1 aliphatic rings. The molecule has 155 valence electrons. The van der Waals surface area contributed by atoms with Gasteiger partial charge in [-0.1, -0.05) is 30.3 Å². The van der Waals surface area contributed by atoms with Crippen LogP contribution in [0.2, 0.25) is 0 Å². The van der Waals surface area contributed by atoms with Crippen LogP contribution in [0.5, 0.6) is 0 Å². The van der Waals surface area contributed by atoms with Crippen molar-refractivity contribution >= 4 is 11.8 Å². The van der Waals surface area contributed by atoms with Crippen LogP contribution in [0.25, 0.3) is 0 Å². The summed E-state index contributed by atoms with van der Waals surface area (Å²) in [5, 5.41) is 10.4. The number of halogens is 1. The molecule has 0 saturated carbocycles. The summed E-state index contributed by atoms with van der Waals surface area (Å²) in [6.45, 7) is 3.00. The number of benzene rings is 1. The Bertz CT molecular complexity index is 633. The van der Waals surface area contributed by atoms with E-state index in [-0.39, 0.29) is 25.2 Å². The zero-order valence-corrected chi connectivity index (χ0v) is 16.4. The molecule has 1 radical (unpaired) electrons. The topological polar surface area (TPSA) is 92.9 Å². The second-order valence-electron chi connectivity index (χ2n) is 7.46. The molecule has 0 spiro atoms. The molecule has 1 fully saturated rings. The van der Waals surface area contributed by atoms with E-state index in [1.165, 1.54) is 0 Å². The van der Waals surface area contributed by atoms with Crippen LogP contribution < -0.4 is 5.73 Å². The maximum atomic E-state index is 14.3. The molecule has 0 aromatic heterocycles. The SMILES string of the molecule is CC(F)(CC[C@H](C[C@@H](O)[CH]Cc1ccccc1)C(=O)N1CCOCC1)C(N)=O. The van der Waals surface area contributed by atoms with E-state index < -0.39 is 23.6 Å². The number of morpholine rings is 1. The zero-order valence-electron chi connectivity index (χ0n) is 16.4. The van der Waals surface area contributed by atoms with E-state index in [1.54, 1.807) is 11.3 Å². The Morgan fingerprint density at radius 3 is 2.57 bits per heavy atom. The maximum Gasteiger partial charge on any atom is 0.254 e. The maximum absolute atomic E-state index is 14.3. The number of aliphatic hydroxyl groups is 1. The lowest BCUT2D eigenvalue weighted by Gasteiger charge is -2.32. The Hall–Kier alpha value is -1.99. The number of nitrogens with two attached hydrogens (primary N) is 1. The summed E-state index contributed by atoms with van der Waals surface area (Å²) in [7, 11) is 0. The van der Waals surface area contributed by atoms with Crippen LogP contribution >= 0.6 is 0 Å². The van der Waals surface area contributed by atoms with Gasteiger partial charge >= 0.3 is 0 Å². The molecule has 7 heteroatoms. The molecular formula is C21H30FN2O4. The smallest absolute Gasteiger partial charge is 0.254 e. The number of primary amides is 1. The minimum absolute atomic E-state index is 0.141. The molecule has 0 bridgehead atoms. The van der Waals surface area contributed by atoms with Gasteiger partial charge in [-0.3, -0.25) is 9.59 Å². The molecule has 2 amide bonds. The highest BCUT2D eigenvalue weighted by molar-refractivity contribution is 5.83. The van der Waals surface area contributed by atoms with Crippen molar-refractivity contribution in [1.82, 2.24) is 4.90 Å². The fraction of sp³-hybridized carbons (Fsp3) is 0.571. The number of ether oxygens (including phenoxy) is 1. The summed E-state index contributed by atoms with van der Waals surface area (Å²) >= 11 is 0. The lowest BCUT2D eigenvalue weighted by Crippen LogP contribution is -2.45. The second kappa shape index (κ2) is 10.5. The molecule has 1 aromatic carbocycles. The van der Waals surface area contributed by atoms with Crippen molar-refractivity contribution in [3.05, 3.63) is 42.3 Å². The van der Waals surface area contributed by atoms with Gasteiger partial charge in [0.2, 0.25) is 5.91 Å². The standard InChI is InChI=1S/C21H30FN2O4/c1-21(22,20(23)27)10-9-17(19(26)24-11-13-28-14-12-24)15-18(25)8-7-16-5-3-2-4-6-16/h2-6,8,17-18,25H,7,9-15H2,1H3,(H2,23,27)/t17-,18+,21?/m1/s1. The van der Waals surface area contributed by atoms with Gasteiger partial charge in [0.15, 0.2) is 5.67 Å². The third-order valence-corrected chi connectivity index (χ3v) is 5.14. The third-order valence-electron chi connectivity index (χ3n) is 5.14. The van der Waals surface area contributed by atoms with E-state index in [0.29, 0.717) is 32.7 Å². The molecular weight excluding hydrogens is 363 g/mol. The van der Waals surface area contributed by atoms with Crippen molar-refractivity contribution < 1.29 is 23.8 Å². The lowest BCUT2D eigenvalue weighted by molar-refractivity contribution is -0.141. The predicted octanol–water partition coefficient (Wildman–Crippen LogP) is 1.65. The molecule has 1 saturated heterocycles. The summed E-state index contributed by atoms with van der Waals surface area (Å²) in [6.07, 6.45) is 1.67. The fourth-order valence-electron chi connectivity index (χ4n) is 3.23. The minimum atomic E-state index is -2.18. The first kappa shape index (κ1) is 22.3. The van der Waals surface area contributed by atoms with Gasteiger partial charge < -0.3 is 20.5 Å². The summed E-state index contributed by atoms with van der Waals surface area (Å²) < 4.78 is 19.6. The number of carbonyl (C=O) groups excluding carboxylic acids is 2. The normalized spacial score (nSPS) is 18.9. The number of alkyl halides is 1. The first-order valence-corrected chi connectivity index (χ1v) is 9.70. The van der Waals surface area contributed by atoms with Gasteiger partial charge in [0, 0.05) is 19.0 Å². The van der Waals surface area contributed by atoms with Crippen molar-refractivity contribution in [2.45, 2.75) is 44.4 Å². The van der Waals surface area contributed by atoms with Crippen molar-refractivity contribution in [2.24, 2.45) is 11.7 Å². The van der Waals surface area contributed by atoms with Crippen LogP contribution in [0.15, 0.2) is 30.3 Å². The molecule has 1 heterocycles. The monoisotopic (exact) mass is 393 g/mol. The van der Waals surface area contributed by atoms with E-state index in [4.69, 9.17) is 10.5 Å². The Morgan fingerprint density at radius 2 is 1.96 bits per heavy atom. The van der Waals surface area contributed by atoms with E-state index >= 15 is 0 Å². The molecule has 1 aromatic rings. The van der Waals surface area contributed by atoms with Crippen LogP contribution in [-0.4, -0.2) is 59.9 Å². The van der Waals surface area contributed by atoms with Crippen LogP contribution in [0.4, 0.5) is 4.39 Å². The molecule has 28 heavy (non-hydrogen) atoms. The summed E-state index contributed by atoms with van der Waals surface area (Å²) in [6, 6.07) is 9.68. The number of nitrogens with zero attached hydrogens (tertiary/aromatic N) is 1. The van der Waals surface area contributed by atoms with Crippen LogP contribution in [0, 0.1) is 12.3 Å². The minimum Gasteiger partial charge on any atom is -0.393 e. The number of rotatable bonds is 10. The molecule has 3 atom stereocenters. The highest BCUT2D eigenvalue weighted by Gasteiger charge is 2.34. The predicted molar refractivity (Wildman–Crippen MR) is 104 cm³/mol. The quantitative estimate of drug-likeness (QED) is 0.632. The van der Waals surface area contributed by atoms with Crippen LogP contribution in [0.3, 0.4) is 0 Å². The molecule has 1 aliphatic heterocycles. The summed E-state index contributed by atoms with van der Waals surface area (Å²) in [5.74, 6) is -1.77. The van der Waals surface area contributed by atoms with Crippen molar-refractivity contribution in [3.63, 3.8) is 0 Å². The van der Waals surface area contributed by atoms with Gasteiger partial charge in [-0.25, -0.2) is 4.39 Å². The van der Waals surface area contributed by atoms with Gasteiger partial charge in [-0.2, -0.15) is 0 Å². The van der Waals surface area contributed by atoms with Crippen molar-refractivity contribution in [2.75, 3.05) is 26.3 Å². The van der Waals surface area contributed by atoms with Gasteiger partial charge in [0.25, 0.3) is 5.91 Å². The fourth-order valence-corrected chi connectivity index (χ4v) is 3.23. The second-order valence-corrected chi connectivity index (χ2v) is 7.46. The number of hydrogen-bond donors (Lipinski definition) is 2. The van der Waals surface area contributed by atoms with E-state index in [1.807, 2.05) is 30.3 Å². The van der Waals surface area contributed by atoms with Crippen molar-refractivity contribution in [3.8, 4) is 0 Å². The Labute approximate surface area is 165 Å². The highest BCUT2D eigenvalue weighted by atomic mass is 19.1. The number of hydrogen-bond acceptors (Lipinski definition) is 4. The average molecular weight is 393 g/mol. The van der Waals surface area contributed by atoms with E-state index in [2.05, 4.69) is 0 Å². The average Bonchev–Trinajstić information content (AvgIpc) is 2.70. The molecule has 2 rings (SSSR count). The van der Waals surface area contributed by atoms with Crippen LogP contribution in [0.1, 0.15) is 31.7 Å². The molecule has 6 nitrogen and oxygen atoms in total. The first-order valence-electron chi connectivity index (χ1n) is 9.70. The van der Waals surface area contributed by atoms with Gasteiger partial charge in [0.1, 0.15) is 0 Å². The highest BCUT2D eigenvalue weighted by Crippen LogP contribution is 2.26. The summed E-state index contributed by atoms with van der Waals surface area (Å²) in [5.41, 5.74) is 3.99. The molecule has 1 unspecified atom stereocenters. The number of carbonyl (C=O) groups is 2. The van der Waals surface area contributed by atoms with Crippen molar-refractivity contribution in [1.29, 1.82) is 0 Å². The van der Waals surface area contributed by atoms with Crippen LogP contribution in [-0.2, 0) is 20.7 Å². The zero-order chi connectivity index (χ0) is 20.6. The molecule has 3 N–H and O–H groups in total. The number of amides is 2. The summed E-state index contributed by atoms with van der Waals surface area (Å²) in [4.78, 5) is 25.8. The Morgan fingerprint density at radius 1 is 1.32 bits per heavy atom. The first-order chi connectivity index (χ1) is 13.3. The largest absolute Gasteiger partial charge is 0.393 e. The lowest BCUT2D eigenvalue weighted by atomic mass is 9.88. The Balaban J connectivity index is 1.97. The van der Waals surface area contributed by atoms with Gasteiger partial charge in [-0.15, -0.1) is 0 Å². The Kier molecular flexibility index (Phi) is 8.38. The van der Waals surface area contributed by atoms with Gasteiger partial charge in [-0.05, 0) is 44.6 Å². The van der Waals surface area contributed by atoms with E-state index in [0.717, 1.165) is 12.5 Å². The van der Waals surface area contributed by atoms with E-state index in [9.17, 15) is 19.1 Å². The van der Waals surface area contributed by atoms with Gasteiger partial charge in [0.05, 0.1) is 19.3 Å². The number of aliphatic hydroxyl groups excluding tert-OH is 1. The molecule has 0 aliphatic carbocycles.